The summed E-state index contributed by atoms with van der Waals surface area (Å²) >= 11 is 5.10. The molecule has 0 spiro atoms. The van der Waals surface area contributed by atoms with Crippen LogP contribution in [0.3, 0.4) is 0 Å². The zero-order valence-corrected chi connectivity index (χ0v) is 12.3. The van der Waals surface area contributed by atoms with Gasteiger partial charge in [0.2, 0.25) is 0 Å². The van der Waals surface area contributed by atoms with E-state index in [9.17, 15) is 0 Å². The van der Waals surface area contributed by atoms with E-state index in [-0.39, 0.29) is 0 Å². The van der Waals surface area contributed by atoms with Crippen molar-refractivity contribution in [1.29, 1.82) is 0 Å². The number of nitrogens with zero attached hydrogens (tertiary/aromatic N) is 3. The quantitative estimate of drug-likeness (QED) is 0.785. The predicted octanol–water partition coefficient (Wildman–Crippen LogP) is 3.51. The Balaban J connectivity index is 2.11. The van der Waals surface area contributed by atoms with E-state index in [2.05, 4.69) is 42.3 Å². The number of pyridine rings is 1. The second-order valence-corrected chi connectivity index (χ2v) is 6.45. The third-order valence-electron chi connectivity index (χ3n) is 2.63. The van der Waals surface area contributed by atoms with E-state index in [1.54, 1.807) is 11.3 Å². The maximum absolute atomic E-state index is 4.53. The number of imidazole rings is 1. The minimum atomic E-state index is 0.749. The molecule has 0 atom stereocenters. The first-order valence-electron chi connectivity index (χ1n) is 5.42. The summed E-state index contributed by atoms with van der Waals surface area (Å²) in [7, 11) is 3.94. The topological polar surface area (TPSA) is 44.8 Å². The van der Waals surface area contributed by atoms with Gasteiger partial charge in [0.1, 0.15) is 11.6 Å². The Morgan fingerprint density at radius 1 is 1.28 bits per heavy atom. The highest BCUT2D eigenvalue weighted by Gasteiger charge is 2.09. The lowest BCUT2D eigenvalue weighted by molar-refractivity contribution is 1.08. The van der Waals surface area contributed by atoms with Gasteiger partial charge in [-0.1, -0.05) is 0 Å². The van der Waals surface area contributed by atoms with Gasteiger partial charge in [0.25, 0.3) is 0 Å². The molecule has 0 aliphatic carbocycles. The van der Waals surface area contributed by atoms with Crippen LogP contribution in [0.5, 0.6) is 0 Å². The minimum absolute atomic E-state index is 0.749. The fourth-order valence-corrected chi connectivity index (χ4v) is 2.84. The Bertz CT molecular complexity index is 701. The zero-order chi connectivity index (χ0) is 12.7. The number of hydrogen-bond donors (Lipinski definition) is 1. The summed E-state index contributed by atoms with van der Waals surface area (Å²) in [4.78, 5) is 14.3. The lowest BCUT2D eigenvalue weighted by Crippen LogP contribution is -2.10. The fraction of sp³-hybridized carbons (Fsp3) is 0.167. The van der Waals surface area contributed by atoms with E-state index in [0.717, 1.165) is 32.2 Å². The van der Waals surface area contributed by atoms with Crippen LogP contribution < -0.4 is 4.90 Å². The number of H-pyrrole nitrogens is 1. The number of thiophene rings is 1. The number of anilines is 1. The van der Waals surface area contributed by atoms with Crippen LogP contribution in [0.4, 0.5) is 5.82 Å². The average molecular weight is 323 g/mol. The van der Waals surface area contributed by atoms with Crippen LogP contribution in [0.2, 0.25) is 0 Å². The molecule has 1 N–H and O–H groups in total. The van der Waals surface area contributed by atoms with Gasteiger partial charge in [-0.25, -0.2) is 9.97 Å². The molecule has 92 valence electrons. The summed E-state index contributed by atoms with van der Waals surface area (Å²) in [5, 5.41) is 2.06. The molecule has 0 radical (unpaired) electrons. The number of nitrogens with one attached hydrogen (secondary N) is 1. The number of halogens is 1. The molecule has 3 rings (SSSR count). The second kappa shape index (κ2) is 4.37. The first-order valence-corrected chi connectivity index (χ1v) is 7.09. The van der Waals surface area contributed by atoms with E-state index in [1.807, 2.05) is 31.1 Å². The van der Waals surface area contributed by atoms with E-state index in [4.69, 9.17) is 0 Å². The third-order valence-corrected chi connectivity index (χ3v) is 4.13. The van der Waals surface area contributed by atoms with Gasteiger partial charge in [-0.3, -0.25) is 0 Å². The summed E-state index contributed by atoms with van der Waals surface area (Å²) in [5.74, 6) is 1.77. The molecule has 0 aliphatic heterocycles. The molecule has 0 saturated heterocycles. The van der Waals surface area contributed by atoms with Crippen molar-refractivity contribution in [2.45, 2.75) is 0 Å². The molecule has 0 bridgehead atoms. The molecule has 4 nitrogen and oxygen atoms in total. The van der Waals surface area contributed by atoms with Crippen molar-refractivity contribution in [3.63, 3.8) is 0 Å². The molecule has 0 amide bonds. The van der Waals surface area contributed by atoms with Crippen molar-refractivity contribution in [3.8, 4) is 11.4 Å². The maximum atomic E-state index is 4.53. The van der Waals surface area contributed by atoms with Crippen LogP contribution in [0.15, 0.2) is 27.4 Å². The Kier molecular flexibility index (Phi) is 2.83. The van der Waals surface area contributed by atoms with Gasteiger partial charge in [0.05, 0.1) is 9.30 Å². The van der Waals surface area contributed by atoms with Crippen molar-refractivity contribution >= 4 is 44.2 Å². The lowest BCUT2D eigenvalue weighted by Gasteiger charge is -2.09. The van der Waals surface area contributed by atoms with Crippen molar-refractivity contribution in [1.82, 2.24) is 15.0 Å². The maximum Gasteiger partial charge on any atom is 0.180 e. The van der Waals surface area contributed by atoms with Gasteiger partial charge < -0.3 is 9.88 Å². The van der Waals surface area contributed by atoms with Crippen molar-refractivity contribution in [2.75, 3.05) is 19.0 Å². The first kappa shape index (κ1) is 11.7. The Morgan fingerprint density at radius 3 is 2.78 bits per heavy atom. The molecule has 0 unspecified atom stereocenters. The molecular formula is C12H11BrN4S. The van der Waals surface area contributed by atoms with Gasteiger partial charge in [0.15, 0.2) is 5.65 Å². The molecule has 6 heteroatoms. The van der Waals surface area contributed by atoms with Crippen molar-refractivity contribution < 1.29 is 0 Å². The highest BCUT2D eigenvalue weighted by atomic mass is 79.9. The average Bonchev–Trinajstić information content (AvgIpc) is 2.93. The zero-order valence-electron chi connectivity index (χ0n) is 9.94. The second-order valence-electron chi connectivity index (χ2n) is 4.16. The summed E-state index contributed by atoms with van der Waals surface area (Å²) in [6.07, 6.45) is 0. The van der Waals surface area contributed by atoms with E-state index >= 15 is 0 Å². The highest BCUT2D eigenvalue weighted by Crippen LogP contribution is 2.28. The molecule has 3 aromatic heterocycles. The largest absolute Gasteiger partial charge is 0.363 e. The number of aromatic nitrogens is 3. The summed E-state index contributed by atoms with van der Waals surface area (Å²) in [5.41, 5.74) is 2.78. The van der Waals surface area contributed by atoms with Gasteiger partial charge in [0, 0.05) is 25.0 Å². The van der Waals surface area contributed by atoms with E-state index in [0.29, 0.717) is 0 Å². The monoisotopic (exact) mass is 322 g/mol. The van der Waals surface area contributed by atoms with Gasteiger partial charge in [-0.15, -0.1) is 11.3 Å². The van der Waals surface area contributed by atoms with Crippen LogP contribution in [0.1, 0.15) is 0 Å². The van der Waals surface area contributed by atoms with Gasteiger partial charge in [-0.2, -0.15) is 0 Å². The van der Waals surface area contributed by atoms with Crippen LogP contribution in [-0.4, -0.2) is 29.0 Å². The van der Waals surface area contributed by atoms with Crippen LogP contribution in [-0.2, 0) is 0 Å². The normalized spacial score (nSPS) is 11.1. The number of hydrogen-bond acceptors (Lipinski definition) is 4. The summed E-state index contributed by atoms with van der Waals surface area (Å²) in [6.45, 7) is 0. The van der Waals surface area contributed by atoms with Crippen LogP contribution in [0, 0.1) is 0 Å². The summed E-state index contributed by atoms with van der Waals surface area (Å²) < 4.78 is 1.10. The van der Waals surface area contributed by atoms with E-state index in [1.165, 1.54) is 0 Å². The molecule has 3 heterocycles. The molecule has 18 heavy (non-hydrogen) atoms. The van der Waals surface area contributed by atoms with Crippen molar-refractivity contribution in [2.24, 2.45) is 0 Å². The Labute approximate surface area is 117 Å². The number of rotatable bonds is 2. The van der Waals surface area contributed by atoms with Crippen LogP contribution in [0.25, 0.3) is 22.6 Å². The fourth-order valence-electron chi connectivity index (χ4n) is 1.70. The smallest absolute Gasteiger partial charge is 0.180 e. The van der Waals surface area contributed by atoms with Crippen LogP contribution >= 0.6 is 27.3 Å². The van der Waals surface area contributed by atoms with Gasteiger partial charge in [-0.05, 0) is 34.1 Å². The molecule has 3 aromatic rings. The first-order chi connectivity index (χ1) is 8.63. The molecule has 0 aromatic carbocycles. The minimum Gasteiger partial charge on any atom is -0.363 e. The standard InChI is InChI=1S/C12H11BrN4S/c1-17(2)10-4-3-8-12(15-10)16-11(14-8)7-5-9(13)18-6-7/h3-6H,1-2H3,(H,14,15,16). The molecule has 0 aliphatic rings. The Morgan fingerprint density at radius 2 is 2.11 bits per heavy atom. The van der Waals surface area contributed by atoms with E-state index < -0.39 is 0 Å². The Hall–Kier alpha value is -1.40. The number of aromatic amines is 1. The molecule has 0 saturated carbocycles. The molecular weight excluding hydrogens is 312 g/mol. The lowest BCUT2D eigenvalue weighted by atomic mass is 10.3. The third kappa shape index (κ3) is 2.02. The number of fused-ring (bicyclic) bond motifs is 1. The summed E-state index contributed by atoms with van der Waals surface area (Å²) in [6, 6.07) is 6.04. The highest BCUT2D eigenvalue weighted by molar-refractivity contribution is 9.11. The van der Waals surface area contributed by atoms with Gasteiger partial charge >= 0.3 is 0 Å². The predicted molar refractivity (Wildman–Crippen MR) is 79.2 cm³/mol. The SMILES string of the molecule is CN(C)c1ccc2[nH]c(-c3csc(Br)c3)nc2n1. The molecule has 0 fully saturated rings. The van der Waals surface area contributed by atoms with Crippen molar-refractivity contribution in [3.05, 3.63) is 27.4 Å².